The van der Waals surface area contributed by atoms with Gasteiger partial charge in [0.2, 0.25) is 0 Å². The molecule has 1 aromatic carbocycles. The molecule has 9 heteroatoms. The Balaban J connectivity index is 1.17. The molecule has 0 spiro atoms. The molecule has 0 amide bonds. The summed E-state index contributed by atoms with van der Waals surface area (Å²) in [4.78, 5) is 27.3. The van der Waals surface area contributed by atoms with E-state index in [1.807, 2.05) is 127 Å². The first kappa shape index (κ1) is 31.0. The van der Waals surface area contributed by atoms with Crippen molar-refractivity contribution in [2.24, 2.45) is 5.10 Å². The Morgan fingerprint density at radius 1 is 0.412 bits per heavy atom. The molecule has 0 aliphatic heterocycles. The number of hydrogen-bond acceptors (Lipinski definition) is 9. The molecule has 0 saturated heterocycles. The molecule has 0 unspecified atom stereocenters. The lowest BCUT2D eigenvalue weighted by atomic mass is 9.86. The number of nitrogens with one attached hydrogen (secondary N) is 2. The topological polar surface area (TPSA) is 126 Å². The van der Waals surface area contributed by atoms with E-state index in [1.54, 1.807) is 37.2 Å². The van der Waals surface area contributed by atoms with E-state index in [0.717, 1.165) is 73.3 Å². The number of nitrogens with zero attached hydrogens (tertiary/aromatic N) is 7. The van der Waals surface area contributed by atoms with E-state index in [1.165, 1.54) is 0 Å². The smallest absolute Gasteiger partial charge is 0.117 e. The van der Waals surface area contributed by atoms with Gasteiger partial charge in [0.05, 0.1) is 45.6 Å². The quantitative estimate of drug-likeness (QED) is 0.123. The molecule has 242 valence electrons. The highest BCUT2D eigenvalue weighted by molar-refractivity contribution is 6.69. The summed E-state index contributed by atoms with van der Waals surface area (Å²) in [5.74, 6) is 0. The third-order valence-electron chi connectivity index (χ3n) is 8.36. The Morgan fingerprint density at radius 3 is 1.41 bits per heavy atom. The molecule has 0 atom stereocenters. The highest BCUT2D eigenvalue weighted by atomic mass is 15.3. The van der Waals surface area contributed by atoms with E-state index in [2.05, 4.69) is 35.3 Å². The van der Waals surface area contributed by atoms with Gasteiger partial charge in [-0.25, -0.2) is 0 Å². The summed E-state index contributed by atoms with van der Waals surface area (Å²) in [6.45, 7) is 0. The van der Waals surface area contributed by atoms with Crippen LogP contribution in [0.5, 0.6) is 0 Å². The zero-order valence-electron chi connectivity index (χ0n) is 27.2. The van der Waals surface area contributed by atoms with E-state index in [0.29, 0.717) is 5.71 Å². The van der Waals surface area contributed by atoms with E-state index < -0.39 is 0 Å². The summed E-state index contributed by atoms with van der Waals surface area (Å²) in [5, 5.41) is 14.3. The van der Waals surface area contributed by atoms with Crippen molar-refractivity contribution in [3.05, 3.63) is 176 Å². The average Bonchev–Trinajstić information content (AvgIpc) is 3.21. The van der Waals surface area contributed by atoms with Crippen LogP contribution in [0.25, 0.3) is 56.4 Å². The minimum Gasteiger partial charge on any atom is -0.298 e. The van der Waals surface area contributed by atoms with Gasteiger partial charge in [-0.15, -0.1) is 0 Å². The SMILES string of the molecule is N=C1C(c2ccnc(-c3ccnc(-c4ccccn4)c3)c2)=CC=C(c2ccnc(-c3ccnc(-c4ccccn4)c3)c2)/C1=N/Nc1ccccc1. The molecule has 0 fully saturated rings. The molecule has 6 heterocycles. The maximum Gasteiger partial charge on any atom is 0.117 e. The van der Waals surface area contributed by atoms with Gasteiger partial charge < -0.3 is 0 Å². The Kier molecular flexibility index (Phi) is 8.56. The molecular weight excluding hydrogens is 631 g/mol. The van der Waals surface area contributed by atoms with Gasteiger partial charge in [-0.3, -0.25) is 40.7 Å². The summed E-state index contributed by atoms with van der Waals surface area (Å²) in [6, 6.07) is 36.9. The Morgan fingerprint density at radius 2 is 0.863 bits per heavy atom. The number of anilines is 1. The third kappa shape index (κ3) is 6.72. The maximum atomic E-state index is 9.50. The van der Waals surface area contributed by atoms with Crippen molar-refractivity contribution < 1.29 is 0 Å². The molecule has 2 N–H and O–H groups in total. The normalized spacial score (nSPS) is 13.4. The maximum absolute atomic E-state index is 9.50. The van der Waals surface area contributed by atoms with Crippen molar-refractivity contribution in [2.45, 2.75) is 0 Å². The van der Waals surface area contributed by atoms with Gasteiger partial charge in [-0.1, -0.05) is 42.5 Å². The zero-order valence-corrected chi connectivity index (χ0v) is 27.2. The predicted octanol–water partition coefficient (Wildman–Crippen LogP) is 8.69. The highest BCUT2D eigenvalue weighted by Crippen LogP contribution is 2.32. The standard InChI is InChI=1S/C42H29N9/c43-41-33(28-14-20-46-37(24-28)30-16-22-48-39(26-30)35-10-4-6-18-44-35)12-13-34(42(41)51-50-32-8-2-1-3-9-32)29-15-21-47-38(25-29)31-17-23-49-40(27-31)36-11-5-7-19-45-36/h1-27,43,50H/b43-41?,51-42-. The number of aromatic nitrogens is 6. The number of rotatable bonds is 8. The highest BCUT2D eigenvalue weighted by Gasteiger charge is 2.24. The van der Waals surface area contributed by atoms with Gasteiger partial charge in [0.1, 0.15) is 5.71 Å². The number of hydrazone groups is 1. The molecule has 0 saturated carbocycles. The average molecular weight is 660 g/mol. The second-order valence-corrected chi connectivity index (χ2v) is 11.6. The van der Waals surface area contributed by atoms with Crippen LogP contribution in [-0.2, 0) is 0 Å². The minimum absolute atomic E-state index is 0.275. The Hall–Kier alpha value is -7.26. The van der Waals surface area contributed by atoms with Crippen molar-refractivity contribution in [3.63, 3.8) is 0 Å². The molecule has 0 radical (unpaired) electrons. The van der Waals surface area contributed by atoms with Crippen LogP contribution in [0, 0.1) is 5.41 Å². The van der Waals surface area contributed by atoms with Crippen molar-refractivity contribution >= 4 is 28.3 Å². The summed E-state index contributed by atoms with van der Waals surface area (Å²) >= 11 is 0. The summed E-state index contributed by atoms with van der Waals surface area (Å²) in [5.41, 5.74) is 14.4. The van der Waals surface area contributed by atoms with Crippen LogP contribution in [-0.4, -0.2) is 41.3 Å². The number of pyridine rings is 6. The summed E-state index contributed by atoms with van der Waals surface area (Å²) in [7, 11) is 0. The van der Waals surface area contributed by atoms with Crippen molar-refractivity contribution in [2.75, 3.05) is 5.43 Å². The lowest BCUT2D eigenvalue weighted by molar-refractivity contribution is 1.24. The van der Waals surface area contributed by atoms with Crippen LogP contribution in [0.2, 0.25) is 0 Å². The molecule has 1 aliphatic carbocycles. The van der Waals surface area contributed by atoms with Crippen LogP contribution < -0.4 is 5.43 Å². The number of allylic oxidation sites excluding steroid dienone is 4. The van der Waals surface area contributed by atoms with Gasteiger partial charge in [0.25, 0.3) is 0 Å². The fourth-order valence-electron chi connectivity index (χ4n) is 5.81. The largest absolute Gasteiger partial charge is 0.298 e. The molecular formula is C42H29N9. The van der Waals surface area contributed by atoms with Crippen molar-refractivity contribution in [1.29, 1.82) is 5.41 Å². The van der Waals surface area contributed by atoms with E-state index in [-0.39, 0.29) is 5.71 Å². The van der Waals surface area contributed by atoms with Crippen LogP contribution >= 0.6 is 0 Å². The minimum atomic E-state index is 0.275. The monoisotopic (exact) mass is 659 g/mol. The molecule has 6 aromatic heterocycles. The zero-order chi connectivity index (χ0) is 34.4. The molecule has 51 heavy (non-hydrogen) atoms. The van der Waals surface area contributed by atoms with Crippen molar-refractivity contribution in [3.8, 4) is 45.3 Å². The Bertz CT molecular complexity index is 2460. The number of para-hydroxylation sites is 1. The van der Waals surface area contributed by atoms with E-state index >= 15 is 0 Å². The second kappa shape index (κ2) is 14.1. The lowest BCUT2D eigenvalue weighted by Crippen LogP contribution is -2.21. The summed E-state index contributed by atoms with van der Waals surface area (Å²) in [6.07, 6.45) is 14.6. The van der Waals surface area contributed by atoms with Crippen LogP contribution in [0.15, 0.2) is 170 Å². The van der Waals surface area contributed by atoms with Gasteiger partial charge >= 0.3 is 0 Å². The molecule has 8 rings (SSSR count). The molecule has 9 nitrogen and oxygen atoms in total. The second-order valence-electron chi connectivity index (χ2n) is 11.6. The van der Waals surface area contributed by atoms with Gasteiger partial charge in [-0.05, 0) is 96.1 Å². The van der Waals surface area contributed by atoms with Crippen LogP contribution in [0.3, 0.4) is 0 Å². The molecule has 7 aromatic rings. The first-order valence-electron chi connectivity index (χ1n) is 16.3. The fourth-order valence-corrected chi connectivity index (χ4v) is 5.81. The van der Waals surface area contributed by atoms with Gasteiger partial charge in [0, 0.05) is 59.5 Å². The van der Waals surface area contributed by atoms with Crippen LogP contribution in [0.4, 0.5) is 5.69 Å². The number of hydrogen-bond donors (Lipinski definition) is 2. The van der Waals surface area contributed by atoms with E-state index in [9.17, 15) is 5.41 Å². The van der Waals surface area contributed by atoms with Crippen molar-refractivity contribution in [1.82, 2.24) is 29.9 Å². The summed E-state index contributed by atoms with van der Waals surface area (Å²) < 4.78 is 0. The lowest BCUT2D eigenvalue weighted by Gasteiger charge is -2.20. The Labute approximate surface area is 294 Å². The van der Waals surface area contributed by atoms with E-state index in [4.69, 9.17) is 5.10 Å². The van der Waals surface area contributed by atoms with Crippen LogP contribution in [0.1, 0.15) is 11.1 Å². The third-order valence-corrected chi connectivity index (χ3v) is 8.36. The predicted molar refractivity (Wildman–Crippen MR) is 203 cm³/mol. The van der Waals surface area contributed by atoms with Gasteiger partial charge in [0.15, 0.2) is 0 Å². The first-order valence-corrected chi connectivity index (χ1v) is 16.3. The fraction of sp³-hybridized carbons (Fsp3) is 0. The molecule has 1 aliphatic rings. The number of benzene rings is 1. The van der Waals surface area contributed by atoms with Gasteiger partial charge in [-0.2, -0.15) is 5.10 Å². The molecule has 0 bridgehead atoms. The first-order chi connectivity index (χ1) is 25.2.